The summed E-state index contributed by atoms with van der Waals surface area (Å²) in [5.41, 5.74) is 6.11. The van der Waals surface area contributed by atoms with Crippen LogP contribution in [0, 0.1) is 0 Å². The monoisotopic (exact) mass is 456 g/mol. The number of nitrogens with two attached hydrogens (primary N) is 1. The van der Waals surface area contributed by atoms with Gasteiger partial charge in [-0.2, -0.15) is 0 Å². The van der Waals surface area contributed by atoms with Gasteiger partial charge in [-0.1, -0.05) is 0 Å². The maximum absolute atomic E-state index is 12.8. The van der Waals surface area contributed by atoms with Crippen LogP contribution in [0.2, 0.25) is 0 Å². The molecule has 0 saturated carbocycles. The average Bonchev–Trinajstić information content (AvgIpc) is 2.54. The topological polar surface area (TPSA) is 71.7 Å². The Morgan fingerprint density at radius 1 is 1.40 bits per heavy atom. The second-order valence-electron chi connectivity index (χ2n) is 5.92. The van der Waals surface area contributed by atoms with Gasteiger partial charge in [0.1, 0.15) is 5.82 Å². The van der Waals surface area contributed by atoms with Crippen LogP contribution in [0.1, 0.15) is 29.6 Å². The van der Waals surface area contributed by atoms with E-state index in [2.05, 4.69) is 20.9 Å². The van der Waals surface area contributed by atoms with Gasteiger partial charge < -0.3 is 20.3 Å². The van der Waals surface area contributed by atoms with E-state index in [4.69, 9.17) is 10.5 Å². The number of piperidine rings is 1. The second kappa shape index (κ2) is 11.9. The highest BCUT2D eigenvalue weighted by atomic mass is 79.9. The lowest BCUT2D eigenvalue weighted by molar-refractivity contribution is 0.00845. The number of carbonyl (C=O) groups excluding carboxylic acids is 1. The van der Waals surface area contributed by atoms with Crippen LogP contribution < -0.4 is 10.6 Å². The number of halogens is 3. The van der Waals surface area contributed by atoms with E-state index in [0.717, 1.165) is 23.7 Å². The van der Waals surface area contributed by atoms with Crippen molar-refractivity contribution in [3.63, 3.8) is 0 Å². The van der Waals surface area contributed by atoms with Gasteiger partial charge in [0.25, 0.3) is 5.91 Å². The molecule has 0 unspecified atom stereocenters. The molecule has 1 amide bonds. The molecule has 1 aliphatic heterocycles. The fourth-order valence-electron chi connectivity index (χ4n) is 2.68. The standard InChI is InChI=1S/C16H25BrN4O2.2ClH/c1-20(2)15-14(10-12(17)11-19-15)16(22)21-7-4-13(5-8-21)23-9-3-6-18;;/h10-11,13H,3-9,18H2,1-2H3;2*1H. The third-order valence-electron chi connectivity index (χ3n) is 3.92. The summed E-state index contributed by atoms with van der Waals surface area (Å²) in [6.45, 7) is 2.78. The molecule has 1 fully saturated rings. The number of rotatable bonds is 6. The summed E-state index contributed by atoms with van der Waals surface area (Å²) in [6, 6.07) is 1.84. The first-order chi connectivity index (χ1) is 11.0. The number of aromatic nitrogens is 1. The van der Waals surface area contributed by atoms with E-state index in [1.54, 1.807) is 6.20 Å². The summed E-state index contributed by atoms with van der Waals surface area (Å²) >= 11 is 3.40. The van der Waals surface area contributed by atoms with Crippen LogP contribution in [0.15, 0.2) is 16.7 Å². The SMILES string of the molecule is CN(C)c1ncc(Br)cc1C(=O)N1CCC(OCCCN)CC1.Cl.Cl. The van der Waals surface area contributed by atoms with Crippen molar-refractivity contribution in [1.82, 2.24) is 9.88 Å². The number of anilines is 1. The molecule has 0 aromatic carbocycles. The van der Waals surface area contributed by atoms with Crippen LogP contribution in [0.3, 0.4) is 0 Å². The molecule has 2 heterocycles. The zero-order valence-electron chi connectivity index (χ0n) is 14.6. The van der Waals surface area contributed by atoms with Crippen molar-refractivity contribution in [2.45, 2.75) is 25.4 Å². The van der Waals surface area contributed by atoms with Crippen molar-refractivity contribution in [2.24, 2.45) is 5.73 Å². The summed E-state index contributed by atoms with van der Waals surface area (Å²) in [7, 11) is 3.79. The first kappa shape index (κ1) is 24.4. The lowest BCUT2D eigenvalue weighted by Crippen LogP contribution is -2.41. The maximum atomic E-state index is 12.8. The molecule has 0 atom stereocenters. The molecule has 144 valence electrons. The summed E-state index contributed by atoms with van der Waals surface area (Å²) < 4.78 is 6.60. The Balaban J connectivity index is 0.00000288. The fourth-order valence-corrected chi connectivity index (χ4v) is 3.01. The molecule has 2 rings (SSSR count). The van der Waals surface area contributed by atoms with Gasteiger partial charge in [-0.15, -0.1) is 24.8 Å². The van der Waals surface area contributed by atoms with Crippen molar-refractivity contribution < 1.29 is 9.53 Å². The van der Waals surface area contributed by atoms with Crippen LogP contribution >= 0.6 is 40.7 Å². The summed E-state index contributed by atoms with van der Waals surface area (Å²) in [5, 5.41) is 0. The van der Waals surface area contributed by atoms with Crippen molar-refractivity contribution in [3.05, 3.63) is 22.3 Å². The minimum Gasteiger partial charge on any atom is -0.378 e. The highest BCUT2D eigenvalue weighted by molar-refractivity contribution is 9.10. The number of nitrogens with zero attached hydrogens (tertiary/aromatic N) is 3. The molecular weight excluding hydrogens is 431 g/mol. The average molecular weight is 458 g/mol. The Morgan fingerprint density at radius 2 is 2.04 bits per heavy atom. The Bertz CT molecular complexity index is 541. The first-order valence-corrected chi connectivity index (χ1v) is 8.76. The van der Waals surface area contributed by atoms with E-state index >= 15 is 0 Å². The van der Waals surface area contributed by atoms with E-state index in [1.165, 1.54) is 0 Å². The molecule has 1 aliphatic rings. The van der Waals surface area contributed by atoms with E-state index in [9.17, 15) is 4.79 Å². The van der Waals surface area contributed by atoms with E-state index in [0.29, 0.717) is 37.6 Å². The van der Waals surface area contributed by atoms with Crippen LogP contribution in [-0.4, -0.2) is 62.2 Å². The number of carbonyl (C=O) groups is 1. The predicted molar refractivity (Wildman–Crippen MR) is 109 cm³/mol. The van der Waals surface area contributed by atoms with Gasteiger partial charge in [0.15, 0.2) is 0 Å². The Kier molecular flexibility index (Phi) is 11.6. The molecule has 1 aromatic heterocycles. The summed E-state index contributed by atoms with van der Waals surface area (Å²) in [4.78, 5) is 20.9. The van der Waals surface area contributed by atoms with Gasteiger partial charge in [-0.25, -0.2) is 4.98 Å². The van der Waals surface area contributed by atoms with Gasteiger partial charge in [0.2, 0.25) is 0 Å². The minimum atomic E-state index is 0. The smallest absolute Gasteiger partial charge is 0.257 e. The lowest BCUT2D eigenvalue weighted by atomic mass is 10.1. The van der Waals surface area contributed by atoms with Crippen LogP contribution in [-0.2, 0) is 4.74 Å². The number of amides is 1. The van der Waals surface area contributed by atoms with Gasteiger partial charge in [0, 0.05) is 44.5 Å². The van der Waals surface area contributed by atoms with Gasteiger partial charge >= 0.3 is 0 Å². The summed E-state index contributed by atoms with van der Waals surface area (Å²) in [5.74, 6) is 0.724. The summed E-state index contributed by atoms with van der Waals surface area (Å²) in [6.07, 6.45) is 4.57. The Morgan fingerprint density at radius 3 is 2.60 bits per heavy atom. The highest BCUT2D eigenvalue weighted by Gasteiger charge is 2.26. The second-order valence-corrected chi connectivity index (χ2v) is 6.84. The number of pyridine rings is 1. The molecule has 9 heteroatoms. The van der Waals surface area contributed by atoms with Gasteiger partial charge in [-0.3, -0.25) is 4.79 Å². The third kappa shape index (κ3) is 6.90. The minimum absolute atomic E-state index is 0. The quantitative estimate of drug-likeness (QED) is 0.665. The van der Waals surface area contributed by atoms with E-state index < -0.39 is 0 Å². The molecule has 0 aliphatic carbocycles. The lowest BCUT2D eigenvalue weighted by Gasteiger charge is -2.32. The number of hydrogen-bond acceptors (Lipinski definition) is 5. The molecule has 2 N–H and O–H groups in total. The van der Waals surface area contributed by atoms with Gasteiger partial charge in [-0.05, 0) is 47.8 Å². The Labute approximate surface area is 170 Å². The fraction of sp³-hybridized carbons (Fsp3) is 0.625. The van der Waals surface area contributed by atoms with Crippen molar-refractivity contribution in [3.8, 4) is 0 Å². The maximum Gasteiger partial charge on any atom is 0.257 e. The number of hydrogen-bond donors (Lipinski definition) is 1. The molecule has 25 heavy (non-hydrogen) atoms. The number of likely N-dealkylation sites (tertiary alicyclic amines) is 1. The van der Waals surface area contributed by atoms with Crippen LogP contribution in [0.25, 0.3) is 0 Å². The molecular formula is C16H27BrCl2N4O2. The van der Waals surface area contributed by atoms with Crippen LogP contribution in [0.5, 0.6) is 0 Å². The van der Waals surface area contributed by atoms with Crippen molar-refractivity contribution in [2.75, 3.05) is 45.2 Å². The van der Waals surface area contributed by atoms with Gasteiger partial charge in [0.05, 0.1) is 11.7 Å². The third-order valence-corrected chi connectivity index (χ3v) is 4.35. The van der Waals surface area contributed by atoms with Crippen molar-refractivity contribution >= 4 is 52.5 Å². The van der Waals surface area contributed by atoms with Crippen LogP contribution in [0.4, 0.5) is 5.82 Å². The molecule has 1 aromatic rings. The largest absolute Gasteiger partial charge is 0.378 e. The zero-order valence-corrected chi connectivity index (χ0v) is 17.8. The zero-order chi connectivity index (χ0) is 16.8. The molecule has 1 saturated heterocycles. The molecule has 0 radical (unpaired) electrons. The van der Waals surface area contributed by atoms with Crippen molar-refractivity contribution in [1.29, 1.82) is 0 Å². The molecule has 0 bridgehead atoms. The highest BCUT2D eigenvalue weighted by Crippen LogP contribution is 2.24. The normalized spacial score (nSPS) is 14.5. The first-order valence-electron chi connectivity index (χ1n) is 7.96. The molecule has 0 spiro atoms. The Hall–Kier alpha value is -0.600. The number of ether oxygens (including phenoxy) is 1. The predicted octanol–water partition coefficient (Wildman–Crippen LogP) is 2.72. The van der Waals surface area contributed by atoms with E-state index in [1.807, 2.05) is 30.0 Å². The van der Waals surface area contributed by atoms with E-state index in [-0.39, 0.29) is 36.8 Å². The molecule has 6 nitrogen and oxygen atoms in total.